The smallest absolute Gasteiger partial charge is 0.119 e. The SMILES string of the molecule is N#Cc1ccc(Br)cc1NCCCOc1ccccc1. The first-order valence-electron chi connectivity index (χ1n) is 6.41. The quantitative estimate of drug-likeness (QED) is 0.807. The van der Waals surface area contributed by atoms with Crippen molar-refractivity contribution in [1.29, 1.82) is 5.26 Å². The van der Waals surface area contributed by atoms with Gasteiger partial charge in [-0.3, -0.25) is 0 Å². The molecule has 0 bridgehead atoms. The number of hydrogen-bond acceptors (Lipinski definition) is 3. The largest absolute Gasteiger partial charge is 0.494 e. The third kappa shape index (κ3) is 4.29. The van der Waals surface area contributed by atoms with Crippen LogP contribution in [-0.4, -0.2) is 13.2 Å². The maximum Gasteiger partial charge on any atom is 0.119 e. The third-order valence-corrected chi connectivity index (χ3v) is 3.24. The number of nitrogens with one attached hydrogen (secondary N) is 1. The molecule has 0 aliphatic heterocycles. The fraction of sp³-hybridized carbons (Fsp3) is 0.188. The second kappa shape index (κ2) is 7.56. The Labute approximate surface area is 127 Å². The zero-order chi connectivity index (χ0) is 14.2. The van der Waals surface area contributed by atoms with Gasteiger partial charge in [-0.15, -0.1) is 0 Å². The van der Waals surface area contributed by atoms with E-state index in [-0.39, 0.29) is 0 Å². The van der Waals surface area contributed by atoms with Crippen molar-refractivity contribution in [2.75, 3.05) is 18.5 Å². The molecule has 0 saturated heterocycles. The molecule has 0 spiro atoms. The molecule has 0 fully saturated rings. The molecule has 0 aromatic heterocycles. The normalized spacial score (nSPS) is 9.80. The molecule has 0 atom stereocenters. The van der Waals surface area contributed by atoms with Crippen LogP contribution in [0.5, 0.6) is 5.75 Å². The van der Waals surface area contributed by atoms with Gasteiger partial charge in [0.15, 0.2) is 0 Å². The molecular formula is C16H15BrN2O. The van der Waals surface area contributed by atoms with E-state index < -0.39 is 0 Å². The Morgan fingerprint density at radius 3 is 2.70 bits per heavy atom. The van der Waals surface area contributed by atoms with Crippen LogP contribution < -0.4 is 10.1 Å². The average molecular weight is 331 g/mol. The molecule has 2 rings (SSSR count). The van der Waals surface area contributed by atoms with Crippen molar-refractivity contribution in [3.63, 3.8) is 0 Å². The lowest BCUT2D eigenvalue weighted by molar-refractivity contribution is 0.315. The van der Waals surface area contributed by atoms with Crippen molar-refractivity contribution < 1.29 is 4.74 Å². The molecule has 4 heteroatoms. The summed E-state index contributed by atoms with van der Waals surface area (Å²) in [5.74, 6) is 0.882. The molecule has 0 amide bonds. The molecule has 0 radical (unpaired) electrons. The third-order valence-electron chi connectivity index (χ3n) is 2.75. The van der Waals surface area contributed by atoms with Crippen molar-refractivity contribution in [2.24, 2.45) is 0 Å². The summed E-state index contributed by atoms with van der Waals surface area (Å²) in [6, 6.07) is 17.5. The number of ether oxygens (including phenoxy) is 1. The highest BCUT2D eigenvalue weighted by Gasteiger charge is 2.01. The van der Waals surface area contributed by atoms with E-state index in [1.54, 1.807) is 6.07 Å². The summed E-state index contributed by atoms with van der Waals surface area (Å²) in [6.45, 7) is 1.41. The van der Waals surface area contributed by atoms with Gasteiger partial charge < -0.3 is 10.1 Å². The molecule has 2 aromatic carbocycles. The van der Waals surface area contributed by atoms with Crippen LogP contribution in [0.25, 0.3) is 0 Å². The van der Waals surface area contributed by atoms with Crippen LogP contribution in [0.1, 0.15) is 12.0 Å². The van der Waals surface area contributed by atoms with Crippen LogP contribution in [0.15, 0.2) is 53.0 Å². The average Bonchev–Trinajstić information content (AvgIpc) is 2.48. The van der Waals surface area contributed by atoms with Crippen LogP contribution >= 0.6 is 15.9 Å². The highest BCUT2D eigenvalue weighted by atomic mass is 79.9. The Morgan fingerprint density at radius 2 is 1.95 bits per heavy atom. The lowest BCUT2D eigenvalue weighted by atomic mass is 10.2. The van der Waals surface area contributed by atoms with Gasteiger partial charge in [-0.1, -0.05) is 34.1 Å². The minimum absolute atomic E-state index is 0.646. The molecule has 0 unspecified atom stereocenters. The van der Waals surface area contributed by atoms with E-state index in [4.69, 9.17) is 10.00 Å². The van der Waals surface area contributed by atoms with Crippen LogP contribution in [0.2, 0.25) is 0 Å². The molecule has 0 aliphatic rings. The molecule has 3 nitrogen and oxygen atoms in total. The minimum Gasteiger partial charge on any atom is -0.494 e. The zero-order valence-electron chi connectivity index (χ0n) is 11.0. The van der Waals surface area contributed by atoms with Crippen LogP contribution in [0.4, 0.5) is 5.69 Å². The maximum absolute atomic E-state index is 9.03. The summed E-state index contributed by atoms with van der Waals surface area (Å²) in [7, 11) is 0. The highest BCUT2D eigenvalue weighted by Crippen LogP contribution is 2.20. The van der Waals surface area contributed by atoms with Gasteiger partial charge in [-0.05, 0) is 36.8 Å². The van der Waals surface area contributed by atoms with E-state index in [0.29, 0.717) is 12.2 Å². The van der Waals surface area contributed by atoms with E-state index >= 15 is 0 Å². The molecule has 0 aliphatic carbocycles. The first-order valence-corrected chi connectivity index (χ1v) is 7.20. The molecular weight excluding hydrogens is 316 g/mol. The summed E-state index contributed by atoms with van der Waals surface area (Å²) in [4.78, 5) is 0. The highest BCUT2D eigenvalue weighted by molar-refractivity contribution is 9.10. The molecule has 2 aromatic rings. The van der Waals surface area contributed by atoms with Crippen molar-refractivity contribution in [3.8, 4) is 11.8 Å². The molecule has 1 N–H and O–H groups in total. The zero-order valence-corrected chi connectivity index (χ0v) is 12.6. The van der Waals surface area contributed by atoms with Gasteiger partial charge in [0.05, 0.1) is 17.9 Å². The first kappa shape index (κ1) is 14.4. The summed E-state index contributed by atoms with van der Waals surface area (Å²) in [6.07, 6.45) is 0.867. The van der Waals surface area contributed by atoms with Gasteiger partial charge in [-0.2, -0.15) is 5.26 Å². The fourth-order valence-electron chi connectivity index (χ4n) is 1.76. The second-order valence-corrected chi connectivity index (χ2v) is 5.16. The summed E-state index contributed by atoms with van der Waals surface area (Å²) in [5.41, 5.74) is 1.50. The predicted molar refractivity (Wildman–Crippen MR) is 83.9 cm³/mol. The lowest BCUT2D eigenvalue weighted by Crippen LogP contribution is -2.08. The number of benzene rings is 2. The molecule has 102 valence electrons. The van der Waals surface area contributed by atoms with E-state index in [0.717, 1.165) is 28.9 Å². The monoisotopic (exact) mass is 330 g/mol. The topological polar surface area (TPSA) is 45.0 Å². The second-order valence-electron chi connectivity index (χ2n) is 4.24. The predicted octanol–water partition coefficient (Wildman–Crippen LogP) is 4.20. The van der Waals surface area contributed by atoms with E-state index in [9.17, 15) is 0 Å². The molecule has 0 heterocycles. The number of halogens is 1. The van der Waals surface area contributed by atoms with Gasteiger partial charge in [0.2, 0.25) is 0 Å². The van der Waals surface area contributed by atoms with E-state index in [2.05, 4.69) is 27.3 Å². The lowest BCUT2D eigenvalue weighted by Gasteiger charge is -2.09. The Kier molecular flexibility index (Phi) is 5.45. The Hall–Kier alpha value is -1.99. The first-order chi connectivity index (χ1) is 9.79. The number of anilines is 1. The number of para-hydroxylation sites is 1. The molecule has 20 heavy (non-hydrogen) atoms. The fourth-order valence-corrected chi connectivity index (χ4v) is 2.12. The number of nitriles is 1. The van der Waals surface area contributed by atoms with Crippen molar-refractivity contribution in [3.05, 3.63) is 58.6 Å². The number of rotatable bonds is 6. The van der Waals surface area contributed by atoms with Crippen molar-refractivity contribution in [2.45, 2.75) is 6.42 Å². The van der Waals surface area contributed by atoms with Gasteiger partial charge in [0, 0.05) is 11.0 Å². The summed E-state index contributed by atoms with van der Waals surface area (Å²) < 4.78 is 6.57. The van der Waals surface area contributed by atoms with Gasteiger partial charge >= 0.3 is 0 Å². The van der Waals surface area contributed by atoms with Crippen molar-refractivity contribution >= 4 is 21.6 Å². The Balaban J connectivity index is 1.76. The number of hydrogen-bond donors (Lipinski definition) is 1. The summed E-state index contributed by atoms with van der Waals surface area (Å²) in [5, 5.41) is 12.3. The van der Waals surface area contributed by atoms with E-state index in [1.165, 1.54) is 0 Å². The van der Waals surface area contributed by atoms with Crippen LogP contribution in [0.3, 0.4) is 0 Å². The molecule has 0 saturated carbocycles. The Bertz CT molecular complexity index is 593. The Morgan fingerprint density at radius 1 is 1.15 bits per heavy atom. The summed E-state index contributed by atoms with van der Waals surface area (Å²) >= 11 is 3.40. The van der Waals surface area contributed by atoms with Gasteiger partial charge in [0.1, 0.15) is 11.8 Å². The van der Waals surface area contributed by atoms with Gasteiger partial charge in [-0.25, -0.2) is 0 Å². The van der Waals surface area contributed by atoms with Crippen LogP contribution in [-0.2, 0) is 0 Å². The minimum atomic E-state index is 0.646. The van der Waals surface area contributed by atoms with Crippen LogP contribution in [0, 0.1) is 11.3 Å². The maximum atomic E-state index is 9.03. The standard InChI is InChI=1S/C16H15BrN2O/c17-14-8-7-13(12-18)16(11-14)19-9-4-10-20-15-5-2-1-3-6-15/h1-3,5-8,11,19H,4,9-10H2. The van der Waals surface area contributed by atoms with E-state index in [1.807, 2.05) is 42.5 Å². The van der Waals surface area contributed by atoms with Gasteiger partial charge in [0.25, 0.3) is 0 Å². The van der Waals surface area contributed by atoms with Crippen molar-refractivity contribution in [1.82, 2.24) is 0 Å². The number of nitrogens with zero attached hydrogens (tertiary/aromatic N) is 1.